The van der Waals surface area contributed by atoms with Gasteiger partial charge in [-0.1, -0.05) is 52.3 Å². The predicted molar refractivity (Wildman–Crippen MR) is 115 cm³/mol. The molecule has 2 rings (SSSR count). The van der Waals surface area contributed by atoms with Gasteiger partial charge in [-0.05, 0) is 67.3 Å². The third kappa shape index (κ3) is 5.85. The second-order valence-corrected chi connectivity index (χ2v) is 8.54. The van der Waals surface area contributed by atoms with Crippen molar-refractivity contribution < 1.29 is 13.2 Å². The Morgan fingerprint density at radius 3 is 2.18 bits per heavy atom. The van der Waals surface area contributed by atoms with Gasteiger partial charge in [0.1, 0.15) is 0 Å². The van der Waals surface area contributed by atoms with E-state index in [1.807, 2.05) is 0 Å². The maximum atomic E-state index is 13.1. The van der Waals surface area contributed by atoms with Gasteiger partial charge in [0.15, 0.2) is 5.11 Å². The van der Waals surface area contributed by atoms with Crippen LogP contribution in [-0.4, -0.2) is 17.3 Å². The standard InChI is InChI=1S/C22H33F3N2S/c1-5-14(3)18-11-8-12-19(15(4)6-2)20(18)27-21(28)26-17-10-7-9-16(13-17)22(23,24)25/h8,11-12,14-17H,5-7,9-10,13H2,1-4H3,(H2,26,27,28). The van der Waals surface area contributed by atoms with E-state index >= 15 is 0 Å². The number of hydrogen-bond acceptors (Lipinski definition) is 1. The quantitative estimate of drug-likeness (QED) is 0.485. The Morgan fingerprint density at radius 2 is 1.68 bits per heavy atom. The van der Waals surface area contributed by atoms with Gasteiger partial charge in [0.25, 0.3) is 0 Å². The van der Waals surface area contributed by atoms with Crippen LogP contribution >= 0.6 is 12.2 Å². The number of hydrogen-bond donors (Lipinski definition) is 2. The molecule has 0 spiro atoms. The summed E-state index contributed by atoms with van der Waals surface area (Å²) in [5.74, 6) is -0.484. The van der Waals surface area contributed by atoms with Crippen LogP contribution in [0.15, 0.2) is 18.2 Å². The van der Waals surface area contributed by atoms with Crippen molar-refractivity contribution in [1.82, 2.24) is 5.32 Å². The maximum Gasteiger partial charge on any atom is 0.391 e. The largest absolute Gasteiger partial charge is 0.391 e. The van der Waals surface area contributed by atoms with Crippen molar-refractivity contribution in [2.24, 2.45) is 5.92 Å². The zero-order chi connectivity index (χ0) is 20.9. The monoisotopic (exact) mass is 414 g/mol. The molecule has 2 N–H and O–H groups in total. The Balaban J connectivity index is 2.16. The molecule has 0 aromatic heterocycles. The van der Waals surface area contributed by atoms with E-state index in [2.05, 4.69) is 56.5 Å². The van der Waals surface area contributed by atoms with Crippen LogP contribution in [0, 0.1) is 5.92 Å². The molecule has 0 saturated heterocycles. The molecule has 0 heterocycles. The van der Waals surface area contributed by atoms with Crippen LogP contribution in [0.5, 0.6) is 0 Å². The summed E-state index contributed by atoms with van der Waals surface area (Å²) in [6, 6.07) is 6.08. The molecule has 1 aromatic rings. The van der Waals surface area contributed by atoms with Gasteiger partial charge in [-0.25, -0.2) is 0 Å². The minimum atomic E-state index is -4.12. The van der Waals surface area contributed by atoms with Crippen molar-refractivity contribution >= 4 is 23.0 Å². The highest BCUT2D eigenvalue weighted by atomic mass is 32.1. The topological polar surface area (TPSA) is 24.1 Å². The van der Waals surface area contributed by atoms with E-state index in [-0.39, 0.29) is 18.9 Å². The zero-order valence-electron chi connectivity index (χ0n) is 17.3. The molecule has 0 bridgehead atoms. The Labute approximate surface area is 172 Å². The zero-order valence-corrected chi connectivity index (χ0v) is 18.1. The minimum Gasteiger partial charge on any atom is -0.360 e. The second-order valence-electron chi connectivity index (χ2n) is 8.13. The summed E-state index contributed by atoms with van der Waals surface area (Å²) in [7, 11) is 0. The first-order valence-electron chi connectivity index (χ1n) is 10.4. The summed E-state index contributed by atoms with van der Waals surface area (Å²) in [4.78, 5) is 0. The highest BCUT2D eigenvalue weighted by Gasteiger charge is 2.42. The molecule has 4 unspecified atom stereocenters. The lowest BCUT2D eigenvalue weighted by Crippen LogP contribution is -2.43. The van der Waals surface area contributed by atoms with Gasteiger partial charge in [0, 0.05) is 11.7 Å². The molecular weight excluding hydrogens is 381 g/mol. The van der Waals surface area contributed by atoms with Crippen molar-refractivity contribution in [3.05, 3.63) is 29.3 Å². The molecule has 1 saturated carbocycles. The van der Waals surface area contributed by atoms with Gasteiger partial charge in [0.2, 0.25) is 0 Å². The number of thiocarbonyl (C=S) groups is 1. The SMILES string of the molecule is CCC(C)c1cccc(C(C)CC)c1NC(=S)NC1CCCC(C(F)(F)F)C1. The lowest BCUT2D eigenvalue weighted by molar-refractivity contribution is -0.183. The number of para-hydroxylation sites is 1. The van der Waals surface area contributed by atoms with Gasteiger partial charge in [-0.2, -0.15) is 13.2 Å². The van der Waals surface area contributed by atoms with Gasteiger partial charge < -0.3 is 10.6 Å². The predicted octanol–water partition coefficient (Wildman–Crippen LogP) is 7.12. The van der Waals surface area contributed by atoms with Crippen molar-refractivity contribution in [2.45, 2.75) is 90.3 Å². The molecule has 158 valence electrons. The second kappa shape index (κ2) is 9.95. The van der Waals surface area contributed by atoms with E-state index in [1.54, 1.807) is 0 Å². The van der Waals surface area contributed by atoms with Crippen LogP contribution in [0.25, 0.3) is 0 Å². The Kier molecular flexibility index (Phi) is 8.17. The van der Waals surface area contributed by atoms with Crippen molar-refractivity contribution in [2.75, 3.05) is 5.32 Å². The summed E-state index contributed by atoms with van der Waals surface area (Å²) in [5, 5.41) is 6.93. The molecular formula is C22H33F3N2S. The maximum absolute atomic E-state index is 13.1. The number of nitrogens with one attached hydrogen (secondary N) is 2. The average molecular weight is 415 g/mol. The Hall–Kier alpha value is -1.30. The highest BCUT2D eigenvalue weighted by Crippen LogP contribution is 2.38. The summed E-state index contributed by atoms with van der Waals surface area (Å²) >= 11 is 5.51. The van der Waals surface area contributed by atoms with E-state index < -0.39 is 12.1 Å². The van der Waals surface area contributed by atoms with Gasteiger partial charge in [0.05, 0.1) is 5.92 Å². The van der Waals surface area contributed by atoms with E-state index in [0.29, 0.717) is 23.4 Å². The van der Waals surface area contributed by atoms with Crippen LogP contribution in [0.1, 0.15) is 89.2 Å². The summed E-state index contributed by atoms with van der Waals surface area (Å²) < 4.78 is 39.3. The molecule has 4 atom stereocenters. The fourth-order valence-corrected chi connectivity index (χ4v) is 4.22. The molecule has 1 aliphatic rings. The van der Waals surface area contributed by atoms with Crippen molar-refractivity contribution in [1.29, 1.82) is 0 Å². The van der Waals surface area contributed by atoms with Crippen LogP contribution in [0.4, 0.5) is 18.9 Å². The lowest BCUT2D eigenvalue weighted by Gasteiger charge is -2.32. The molecule has 1 fully saturated rings. The van der Waals surface area contributed by atoms with Gasteiger partial charge >= 0.3 is 6.18 Å². The third-order valence-corrected chi connectivity index (χ3v) is 6.35. The number of rotatable bonds is 6. The first-order valence-corrected chi connectivity index (χ1v) is 10.8. The number of alkyl halides is 3. The van der Waals surface area contributed by atoms with E-state index in [4.69, 9.17) is 12.2 Å². The Bertz CT molecular complexity index is 631. The number of anilines is 1. The Morgan fingerprint density at radius 1 is 1.11 bits per heavy atom. The summed E-state index contributed by atoms with van der Waals surface area (Å²) in [6.07, 6.45) is -0.495. The molecule has 6 heteroatoms. The normalized spacial score (nSPS) is 22.4. The number of benzene rings is 1. The average Bonchev–Trinajstić information content (AvgIpc) is 2.66. The fraction of sp³-hybridized carbons (Fsp3) is 0.682. The lowest BCUT2D eigenvalue weighted by atomic mass is 9.85. The van der Waals surface area contributed by atoms with E-state index in [1.165, 1.54) is 11.1 Å². The summed E-state index contributed by atoms with van der Waals surface area (Å²) in [6.45, 7) is 8.68. The minimum absolute atomic E-state index is 0.0938. The highest BCUT2D eigenvalue weighted by molar-refractivity contribution is 7.80. The fourth-order valence-electron chi connectivity index (χ4n) is 3.95. The molecule has 0 aliphatic heterocycles. The third-order valence-electron chi connectivity index (χ3n) is 6.13. The van der Waals surface area contributed by atoms with E-state index in [0.717, 1.165) is 24.9 Å². The molecule has 1 aromatic carbocycles. The van der Waals surface area contributed by atoms with Gasteiger partial charge in [-0.3, -0.25) is 0 Å². The molecule has 2 nitrogen and oxygen atoms in total. The van der Waals surface area contributed by atoms with Crippen LogP contribution < -0.4 is 10.6 Å². The van der Waals surface area contributed by atoms with Crippen molar-refractivity contribution in [3.8, 4) is 0 Å². The van der Waals surface area contributed by atoms with Crippen LogP contribution in [-0.2, 0) is 0 Å². The first kappa shape index (κ1) is 23.0. The van der Waals surface area contributed by atoms with Crippen LogP contribution in [0.3, 0.4) is 0 Å². The molecule has 28 heavy (non-hydrogen) atoms. The van der Waals surface area contributed by atoms with Crippen LogP contribution in [0.2, 0.25) is 0 Å². The smallest absolute Gasteiger partial charge is 0.360 e. The van der Waals surface area contributed by atoms with Gasteiger partial charge in [-0.15, -0.1) is 0 Å². The number of halogens is 3. The molecule has 0 radical (unpaired) electrons. The first-order chi connectivity index (χ1) is 13.2. The molecule has 1 aliphatic carbocycles. The van der Waals surface area contributed by atoms with Crippen molar-refractivity contribution in [3.63, 3.8) is 0 Å². The van der Waals surface area contributed by atoms with E-state index in [9.17, 15) is 13.2 Å². The summed E-state index contributed by atoms with van der Waals surface area (Å²) in [5.41, 5.74) is 3.44. The molecule has 0 amide bonds.